The third-order valence-corrected chi connectivity index (χ3v) is 10.7. The summed E-state index contributed by atoms with van der Waals surface area (Å²) in [6.45, 7) is 0. The normalized spacial score (nSPS) is 11.8. The minimum atomic E-state index is 0.847. The second-order valence-corrected chi connectivity index (χ2v) is 13.2. The van der Waals surface area contributed by atoms with Gasteiger partial charge in [0.2, 0.25) is 0 Å². The smallest absolute Gasteiger partial charge is 0.165 e. The molecule has 10 aromatic rings. The average Bonchev–Trinajstić information content (AvgIpc) is 3.76. The zero-order valence-corrected chi connectivity index (χ0v) is 26.7. The van der Waals surface area contributed by atoms with Crippen molar-refractivity contribution in [3.05, 3.63) is 164 Å². The molecule has 0 aliphatic rings. The molecule has 0 fully saturated rings. The molecule has 0 atom stereocenters. The molecule has 48 heavy (non-hydrogen) atoms. The van der Waals surface area contributed by atoms with Crippen LogP contribution in [0.3, 0.4) is 0 Å². The highest BCUT2D eigenvalue weighted by atomic mass is 32.1. The summed E-state index contributed by atoms with van der Waals surface area (Å²) in [6.07, 6.45) is 2.07. The average molecular weight is 630 g/mol. The van der Waals surface area contributed by atoms with Crippen molar-refractivity contribution in [3.8, 4) is 38.0 Å². The van der Waals surface area contributed by atoms with E-state index in [-0.39, 0.29) is 0 Å². The van der Waals surface area contributed by atoms with E-state index in [1.165, 1.54) is 53.2 Å². The largest absolute Gasteiger partial charge is 0.277 e. The van der Waals surface area contributed by atoms with Crippen LogP contribution in [0.5, 0.6) is 0 Å². The van der Waals surface area contributed by atoms with Crippen LogP contribution >= 0.6 is 11.3 Å². The topological polar surface area (TPSA) is 30.7 Å². The Balaban J connectivity index is 1.43. The standard InChI is InChI=1S/C44H27N3S/c1-4-15-29(16-5-1)41-38-35-23-13-12-22-34(35)36-27-45-44-40(37(36)39(38)42(48-41)30-17-6-2-7-18-30)46-43(31-19-8-3-9-20-31)47(44)33-25-24-28-14-10-11-21-32(28)26-33/h1-27H. The number of benzene rings is 7. The molecule has 0 saturated heterocycles. The maximum Gasteiger partial charge on any atom is 0.165 e. The van der Waals surface area contributed by atoms with E-state index in [4.69, 9.17) is 9.97 Å². The first-order valence-electron chi connectivity index (χ1n) is 16.2. The molecule has 0 saturated carbocycles. The second kappa shape index (κ2) is 10.7. The minimum absolute atomic E-state index is 0.847. The van der Waals surface area contributed by atoms with Gasteiger partial charge in [0.25, 0.3) is 0 Å². The Morgan fingerprint density at radius 1 is 0.458 bits per heavy atom. The molecule has 7 aromatic carbocycles. The summed E-state index contributed by atoms with van der Waals surface area (Å²) >= 11 is 1.87. The van der Waals surface area contributed by atoms with Crippen LogP contribution in [0.2, 0.25) is 0 Å². The fraction of sp³-hybridized carbons (Fsp3) is 0. The first-order chi connectivity index (χ1) is 23.8. The summed E-state index contributed by atoms with van der Waals surface area (Å²) in [5.41, 5.74) is 6.26. The van der Waals surface area contributed by atoms with Crippen LogP contribution in [0.4, 0.5) is 0 Å². The van der Waals surface area contributed by atoms with E-state index in [0.717, 1.165) is 39.0 Å². The Morgan fingerprint density at radius 2 is 1.04 bits per heavy atom. The number of pyridine rings is 1. The highest BCUT2D eigenvalue weighted by Crippen LogP contribution is 2.51. The quantitative estimate of drug-likeness (QED) is 0.181. The minimum Gasteiger partial charge on any atom is -0.277 e. The number of imidazole rings is 1. The van der Waals surface area contributed by atoms with Crippen LogP contribution in [-0.4, -0.2) is 14.5 Å². The SMILES string of the molecule is c1ccc(-c2sc(-c3ccccc3)c3c2c2ccccc2c2cnc4c(nc(-c5ccccc5)n4-c4ccc5ccccc5c4)c23)cc1. The van der Waals surface area contributed by atoms with Gasteiger partial charge in [0.1, 0.15) is 11.3 Å². The summed E-state index contributed by atoms with van der Waals surface area (Å²) in [7, 11) is 0. The van der Waals surface area contributed by atoms with Crippen LogP contribution in [0.15, 0.2) is 164 Å². The van der Waals surface area contributed by atoms with Gasteiger partial charge in [-0.2, -0.15) is 0 Å². The molecule has 3 heterocycles. The number of rotatable bonds is 4. The third kappa shape index (κ3) is 4.06. The molecule has 0 bridgehead atoms. The van der Waals surface area contributed by atoms with Gasteiger partial charge in [0, 0.05) is 48.7 Å². The lowest BCUT2D eigenvalue weighted by atomic mass is 9.93. The molecule has 0 radical (unpaired) electrons. The molecule has 4 heteroatoms. The molecule has 0 aliphatic carbocycles. The van der Waals surface area contributed by atoms with Crippen molar-refractivity contribution in [1.82, 2.24) is 14.5 Å². The van der Waals surface area contributed by atoms with E-state index in [1.54, 1.807) is 0 Å². The van der Waals surface area contributed by atoms with E-state index in [0.29, 0.717) is 0 Å². The lowest BCUT2D eigenvalue weighted by Gasteiger charge is -2.12. The molecular weight excluding hydrogens is 603 g/mol. The number of hydrogen-bond donors (Lipinski definition) is 0. The number of thiophene rings is 1. The summed E-state index contributed by atoms with van der Waals surface area (Å²) < 4.78 is 2.24. The van der Waals surface area contributed by atoms with E-state index in [9.17, 15) is 0 Å². The number of hydrogen-bond acceptors (Lipinski definition) is 3. The van der Waals surface area contributed by atoms with Crippen molar-refractivity contribution in [1.29, 1.82) is 0 Å². The predicted molar refractivity (Wildman–Crippen MR) is 203 cm³/mol. The van der Waals surface area contributed by atoms with Gasteiger partial charge in [-0.15, -0.1) is 11.3 Å². The molecule has 3 nitrogen and oxygen atoms in total. The first kappa shape index (κ1) is 27.1. The molecule has 224 valence electrons. The first-order valence-corrected chi connectivity index (χ1v) is 17.0. The summed E-state index contributed by atoms with van der Waals surface area (Å²) in [4.78, 5) is 13.3. The molecule has 0 unspecified atom stereocenters. The van der Waals surface area contributed by atoms with Crippen LogP contribution in [-0.2, 0) is 0 Å². The fourth-order valence-corrected chi connectivity index (χ4v) is 8.60. The van der Waals surface area contributed by atoms with Gasteiger partial charge < -0.3 is 0 Å². The Labute approximate surface area is 281 Å². The summed E-state index contributed by atoms with van der Waals surface area (Å²) in [6, 6.07) is 56.0. The van der Waals surface area contributed by atoms with E-state index < -0.39 is 0 Å². The van der Waals surface area contributed by atoms with Crippen molar-refractivity contribution in [2.75, 3.05) is 0 Å². The van der Waals surface area contributed by atoms with Crippen molar-refractivity contribution in [2.45, 2.75) is 0 Å². The van der Waals surface area contributed by atoms with Gasteiger partial charge in [-0.1, -0.05) is 146 Å². The highest BCUT2D eigenvalue weighted by Gasteiger charge is 2.25. The molecule has 0 aliphatic heterocycles. The zero-order valence-electron chi connectivity index (χ0n) is 25.8. The van der Waals surface area contributed by atoms with Gasteiger partial charge in [0.15, 0.2) is 5.65 Å². The third-order valence-electron chi connectivity index (χ3n) is 9.42. The van der Waals surface area contributed by atoms with Gasteiger partial charge in [0.05, 0.1) is 0 Å². The lowest BCUT2D eigenvalue weighted by molar-refractivity contribution is 1.08. The van der Waals surface area contributed by atoms with Crippen LogP contribution in [0, 0.1) is 0 Å². The summed E-state index contributed by atoms with van der Waals surface area (Å²) in [5, 5.41) is 9.56. The van der Waals surface area contributed by atoms with E-state index >= 15 is 0 Å². The highest BCUT2D eigenvalue weighted by molar-refractivity contribution is 7.21. The van der Waals surface area contributed by atoms with Gasteiger partial charge in [-0.25, -0.2) is 9.97 Å². The number of aromatic nitrogens is 3. The van der Waals surface area contributed by atoms with Crippen LogP contribution in [0.1, 0.15) is 0 Å². The monoisotopic (exact) mass is 629 g/mol. The van der Waals surface area contributed by atoms with Gasteiger partial charge in [-0.3, -0.25) is 4.57 Å². The molecule has 10 rings (SSSR count). The lowest BCUT2D eigenvalue weighted by Crippen LogP contribution is -1.99. The number of nitrogens with zero attached hydrogens (tertiary/aromatic N) is 3. The van der Waals surface area contributed by atoms with Crippen molar-refractivity contribution in [3.63, 3.8) is 0 Å². The Morgan fingerprint density at radius 3 is 1.75 bits per heavy atom. The Bertz CT molecular complexity index is 2820. The van der Waals surface area contributed by atoms with Crippen LogP contribution in [0.25, 0.3) is 92.2 Å². The molecule has 0 spiro atoms. The van der Waals surface area contributed by atoms with E-state index in [1.807, 2.05) is 11.3 Å². The molecule has 0 amide bonds. The van der Waals surface area contributed by atoms with Gasteiger partial charge in [-0.05, 0) is 44.8 Å². The van der Waals surface area contributed by atoms with Gasteiger partial charge >= 0.3 is 0 Å². The predicted octanol–water partition coefficient (Wildman–Crippen LogP) is 12.1. The molecule has 3 aromatic heterocycles. The summed E-state index contributed by atoms with van der Waals surface area (Å²) in [5.74, 6) is 0.877. The second-order valence-electron chi connectivity index (χ2n) is 12.2. The maximum atomic E-state index is 5.55. The maximum absolute atomic E-state index is 5.55. The Hall–Kier alpha value is -6.10. The fourth-order valence-electron chi connectivity index (χ4n) is 7.26. The van der Waals surface area contributed by atoms with E-state index in [2.05, 4.69) is 168 Å². The zero-order chi connectivity index (χ0) is 31.6. The number of fused-ring (bicyclic) bond motifs is 9. The molecular formula is C44H27N3S. The molecule has 0 N–H and O–H groups in total. The Kier molecular flexibility index (Phi) is 6.05. The van der Waals surface area contributed by atoms with Crippen molar-refractivity contribution < 1.29 is 0 Å². The van der Waals surface area contributed by atoms with Crippen molar-refractivity contribution in [2.24, 2.45) is 0 Å². The van der Waals surface area contributed by atoms with Crippen LogP contribution < -0.4 is 0 Å². The van der Waals surface area contributed by atoms with Crippen molar-refractivity contribution >= 4 is 65.6 Å².